The van der Waals surface area contributed by atoms with Crippen molar-refractivity contribution in [3.63, 3.8) is 0 Å². The molecule has 3 aromatic rings. The average Bonchev–Trinajstić information content (AvgIpc) is 2.53. The number of rotatable bonds is 4. The van der Waals surface area contributed by atoms with E-state index in [9.17, 15) is 4.79 Å². The van der Waals surface area contributed by atoms with Crippen molar-refractivity contribution in [1.82, 2.24) is 0 Å². The summed E-state index contributed by atoms with van der Waals surface area (Å²) in [6, 6.07) is 21.8. The molecule has 0 unspecified atom stereocenters. The number of hydrogen-bond acceptors (Lipinski definition) is 2. The lowest BCUT2D eigenvalue weighted by atomic mass is 10.1. The molecule has 2 heteroatoms. The van der Waals surface area contributed by atoms with Crippen molar-refractivity contribution in [1.29, 1.82) is 0 Å². The molecule has 0 aliphatic rings. The number of Topliss-reactive ketones (excluding diaryl/α,β-unsaturated/α-hetero) is 1. The van der Waals surface area contributed by atoms with Gasteiger partial charge >= 0.3 is 0 Å². The summed E-state index contributed by atoms with van der Waals surface area (Å²) in [5.41, 5.74) is 1.79. The highest BCUT2D eigenvalue weighted by Crippen LogP contribution is 2.19. The van der Waals surface area contributed by atoms with Crippen LogP contribution in [0.3, 0.4) is 0 Å². The zero-order valence-corrected chi connectivity index (χ0v) is 11.9. The highest BCUT2D eigenvalue weighted by molar-refractivity contribution is 5.94. The number of carbonyl (C=O) groups is 1. The van der Waals surface area contributed by atoms with Crippen LogP contribution >= 0.6 is 0 Å². The molecule has 21 heavy (non-hydrogen) atoms. The predicted molar refractivity (Wildman–Crippen MR) is 84.7 cm³/mol. The molecule has 0 heterocycles. The van der Waals surface area contributed by atoms with Gasteiger partial charge in [0.05, 0.1) is 0 Å². The van der Waals surface area contributed by atoms with Gasteiger partial charge in [0.2, 0.25) is 0 Å². The van der Waals surface area contributed by atoms with E-state index in [4.69, 9.17) is 4.74 Å². The minimum absolute atomic E-state index is 0.0474. The SMILES string of the molecule is CC(=O)c1cccc(OCc2ccc3ccccc3c2)c1. The number of carbonyl (C=O) groups excluding carboxylic acids is 1. The molecule has 2 nitrogen and oxygen atoms in total. The number of benzene rings is 3. The van der Waals surface area contributed by atoms with Crippen molar-refractivity contribution in [3.8, 4) is 5.75 Å². The first kappa shape index (κ1) is 13.4. The maximum absolute atomic E-state index is 11.4. The Hall–Kier alpha value is -2.61. The van der Waals surface area contributed by atoms with Gasteiger partial charge in [-0.15, -0.1) is 0 Å². The topological polar surface area (TPSA) is 26.3 Å². The molecule has 0 fully saturated rings. The Morgan fingerprint density at radius 1 is 0.905 bits per heavy atom. The lowest BCUT2D eigenvalue weighted by Crippen LogP contribution is -1.97. The second-order valence-electron chi connectivity index (χ2n) is 5.05. The first-order valence-electron chi connectivity index (χ1n) is 6.94. The molecule has 0 saturated carbocycles. The Labute approximate surface area is 124 Å². The largest absolute Gasteiger partial charge is 0.489 e. The minimum atomic E-state index is 0.0474. The fourth-order valence-electron chi connectivity index (χ4n) is 2.30. The molecule has 0 amide bonds. The van der Waals surface area contributed by atoms with Crippen LogP contribution in [0.1, 0.15) is 22.8 Å². The zero-order chi connectivity index (χ0) is 14.7. The molecular formula is C19H16O2. The van der Waals surface area contributed by atoms with Crippen LogP contribution in [0.25, 0.3) is 10.8 Å². The third-order valence-corrected chi connectivity index (χ3v) is 3.46. The van der Waals surface area contributed by atoms with Crippen LogP contribution in [0.5, 0.6) is 5.75 Å². The smallest absolute Gasteiger partial charge is 0.159 e. The summed E-state index contributed by atoms with van der Waals surface area (Å²) in [4.78, 5) is 11.4. The number of fused-ring (bicyclic) bond motifs is 1. The quantitative estimate of drug-likeness (QED) is 0.650. The molecule has 0 atom stereocenters. The van der Waals surface area contributed by atoms with Crippen LogP contribution in [0.15, 0.2) is 66.7 Å². The van der Waals surface area contributed by atoms with Crippen LogP contribution in [-0.4, -0.2) is 5.78 Å². The summed E-state index contributed by atoms with van der Waals surface area (Å²) in [6.07, 6.45) is 0. The van der Waals surface area contributed by atoms with Gasteiger partial charge in [0.15, 0.2) is 5.78 Å². The van der Waals surface area contributed by atoms with Crippen molar-refractivity contribution >= 4 is 16.6 Å². The Balaban J connectivity index is 1.77. The summed E-state index contributed by atoms with van der Waals surface area (Å²) in [7, 11) is 0. The fourth-order valence-corrected chi connectivity index (χ4v) is 2.30. The Kier molecular flexibility index (Phi) is 3.69. The van der Waals surface area contributed by atoms with E-state index in [0.717, 1.165) is 11.3 Å². The molecule has 3 rings (SSSR count). The molecule has 0 saturated heterocycles. The molecule has 0 aliphatic heterocycles. The normalized spacial score (nSPS) is 10.5. The van der Waals surface area contributed by atoms with Gasteiger partial charge in [-0.1, -0.05) is 48.5 Å². The summed E-state index contributed by atoms with van der Waals surface area (Å²) < 4.78 is 5.78. The molecule has 0 aromatic heterocycles. The first-order chi connectivity index (χ1) is 10.2. The zero-order valence-electron chi connectivity index (χ0n) is 11.9. The molecule has 104 valence electrons. The second-order valence-corrected chi connectivity index (χ2v) is 5.05. The predicted octanol–water partition coefficient (Wildman–Crippen LogP) is 4.62. The minimum Gasteiger partial charge on any atom is -0.489 e. The molecule has 3 aromatic carbocycles. The standard InChI is InChI=1S/C19H16O2/c1-14(20)17-7-4-8-19(12-17)21-13-15-9-10-16-5-2-3-6-18(16)11-15/h2-12H,13H2,1H3. The Morgan fingerprint density at radius 2 is 1.71 bits per heavy atom. The van der Waals surface area contributed by atoms with Crippen LogP contribution in [0, 0.1) is 0 Å². The number of hydrogen-bond donors (Lipinski definition) is 0. The molecule has 0 bridgehead atoms. The van der Waals surface area contributed by atoms with E-state index in [1.165, 1.54) is 10.8 Å². The maximum Gasteiger partial charge on any atom is 0.159 e. The molecule has 0 radical (unpaired) electrons. The average molecular weight is 276 g/mol. The number of ketones is 1. The van der Waals surface area contributed by atoms with Crippen molar-refractivity contribution in [2.45, 2.75) is 13.5 Å². The van der Waals surface area contributed by atoms with Gasteiger partial charge in [0.1, 0.15) is 12.4 Å². The summed E-state index contributed by atoms with van der Waals surface area (Å²) in [6.45, 7) is 2.05. The van der Waals surface area contributed by atoms with E-state index in [1.807, 2.05) is 24.3 Å². The van der Waals surface area contributed by atoms with E-state index < -0.39 is 0 Å². The second kappa shape index (κ2) is 5.80. The van der Waals surface area contributed by atoms with Gasteiger partial charge < -0.3 is 4.74 Å². The third-order valence-electron chi connectivity index (χ3n) is 3.46. The molecule has 0 N–H and O–H groups in total. The van der Waals surface area contributed by atoms with Crippen molar-refractivity contribution in [3.05, 3.63) is 77.9 Å². The van der Waals surface area contributed by atoms with Crippen molar-refractivity contribution in [2.24, 2.45) is 0 Å². The van der Waals surface area contributed by atoms with Crippen LogP contribution in [0.2, 0.25) is 0 Å². The first-order valence-corrected chi connectivity index (χ1v) is 6.94. The lowest BCUT2D eigenvalue weighted by molar-refractivity contribution is 0.101. The molecule has 0 aliphatic carbocycles. The van der Waals surface area contributed by atoms with Gasteiger partial charge in [-0.25, -0.2) is 0 Å². The summed E-state index contributed by atoms with van der Waals surface area (Å²) in [5.74, 6) is 0.766. The highest BCUT2D eigenvalue weighted by Gasteiger charge is 2.02. The third kappa shape index (κ3) is 3.11. The summed E-state index contributed by atoms with van der Waals surface area (Å²) in [5, 5.41) is 2.43. The van der Waals surface area contributed by atoms with E-state index in [1.54, 1.807) is 19.1 Å². The van der Waals surface area contributed by atoms with E-state index in [0.29, 0.717) is 12.2 Å². The van der Waals surface area contributed by atoms with Gasteiger partial charge in [-0.2, -0.15) is 0 Å². The number of ether oxygens (including phenoxy) is 1. The van der Waals surface area contributed by atoms with Crippen LogP contribution in [0.4, 0.5) is 0 Å². The summed E-state index contributed by atoms with van der Waals surface area (Å²) >= 11 is 0. The van der Waals surface area contributed by atoms with Gasteiger partial charge in [0.25, 0.3) is 0 Å². The van der Waals surface area contributed by atoms with E-state index >= 15 is 0 Å². The van der Waals surface area contributed by atoms with Crippen LogP contribution < -0.4 is 4.74 Å². The Morgan fingerprint density at radius 3 is 2.52 bits per heavy atom. The monoisotopic (exact) mass is 276 g/mol. The molecular weight excluding hydrogens is 260 g/mol. The fraction of sp³-hybridized carbons (Fsp3) is 0.105. The van der Waals surface area contributed by atoms with Gasteiger partial charge in [0, 0.05) is 5.56 Å². The van der Waals surface area contributed by atoms with Gasteiger partial charge in [-0.3, -0.25) is 4.79 Å². The van der Waals surface area contributed by atoms with E-state index in [-0.39, 0.29) is 5.78 Å². The van der Waals surface area contributed by atoms with Crippen LogP contribution in [-0.2, 0) is 6.61 Å². The van der Waals surface area contributed by atoms with Crippen molar-refractivity contribution < 1.29 is 9.53 Å². The lowest BCUT2D eigenvalue weighted by Gasteiger charge is -2.08. The van der Waals surface area contributed by atoms with Crippen molar-refractivity contribution in [2.75, 3.05) is 0 Å². The van der Waals surface area contributed by atoms with E-state index in [2.05, 4.69) is 30.3 Å². The van der Waals surface area contributed by atoms with Gasteiger partial charge in [-0.05, 0) is 41.5 Å². The maximum atomic E-state index is 11.4. The Bertz CT molecular complexity index is 790. The highest BCUT2D eigenvalue weighted by atomic mass is 16.5. The molecule has 0 spiro atoms.